The fraction of sp³-hybridized carbons (Fsp3) is 0.588. The maximum atomic E-state index is 12.2. The van der Waals surface area contributed by atoms with Gasteiger partial charge in [-0.15, -0.1) is 0 Å². The number of rotatable bonds is 3. The van der Waals surface area contributed by atoms with E-state index in [1.165, 1.54) is 5.56 Å². The van der Waals surface area contributed by atoms with E-state index < -0.39 is 6.10 Å². The van der Waals surface area contributed by atoms with Gasteiger partial charge >= 0.3 is 0 Å². The van der Waals surface area contributed by atoms with Crippen LogP contribution in [0.1, 0.15) is 61.9 Å². The van der Waals surface area contributed by atoms with E-state index in [1.807, 2.05) is 24.3 Å². The lowest BCUT2D eigenvalue weighted by Gasteiger charge is -2.32. The lowest BCUT2D eigenvalue weighted by molar-refractivity contribution is 0.0599. The molecule has 0 aliphatic heterocycles. The van der Waals surface area contributed by atoms with Crippen molar-refractivity contribution in [1.82, 2.24) is 5.32 Å². The molecule has 0 heterocycles. The maximum absolute atomic E-state index is 12.2. The molecule has 3 heteroatoms. The Hall–Kier alpha value is -1.35. The Morgan fingerprint density at radius 3 is 2.45 bits per heavy atom. The second-order valence-corrected chi connectivity index (χ2v) is 6.34. The molecule has 0 radical (unpaired) electrons. The first-order valence-corrected chi connectivity index (χ1v) is 7.56. The highest BCUT2D eigenvalue weighted by atomic mass is 16.3. The Morgan fingerprint density at radius 1 is 1.25 bits per heavy atom. The molecule has 110 valence electrons. The van der Waals surface area contributed by atoms with Gasteiger partial charge in [0.1, 0.15) is 0 Å². The van der Waals surface area contributed by atoms with Crippen LogP contribution in [0.5, 0.6) is 0 Å². The number of aliphatic hydroxyl groups is 1. The van der Waals surface area contributed by atoms with Crippen molar-refractivity contribution in [2.24, 2.45) is 5.92 Å². The molecule has 2 N–H and O–H groups in total. The van der Waals surface area contributed by atoms with E-state index in [2.05, 4.69) is 26.1 Å². The van der Waals surface area contributed by atoms with E-state index in [0.29, 0.717) is 17.4 Å². The van der Waals surface area contributed by atoms with Gasteiger partial charge in [-0.25, -0.2) is 0 Å². The first-order chi connectivity index (χ1) is 9.47. The van der Waals surface area contributed by atoms with Crippen LogP contribution in [0.15, 0.2) is 24.3 Å². The standard InChI is InChI=1S/C17H25NO2/c1-11(2)13-5-7-14(8-6-13)17(20)18-15-9-4-12(3)10-16(15)19/h5-8,11-12,15-16,19H,4,9-10H2,1-3H3,(H,18,20). The summed E-state index contributed by atoms with van der Waals surface area (Å²) < 4.78 is 0. The minimum absolute atomic E-state index is 0.0843. The Morgan fingerprint density at radius 2 is 1.90 bits per heavy atom. The summed E-state index contributed by atoms with van der Waals surface area (Å²) in [4.78, 5) is 12.2. The molecule has 1 saturated carbocycles. The third-order valence-electron chi connectivity index (χ3n) is 4.23. The molecule has 1 aliphatic carbocycles. The number of amides is 1. The van der Waals surface area contributed by atoms with Crippen LogP contribution in [-0.4, -0.2) is 23.2 Å². The number of hydrogen-bond acceptors (Lipinski definition) is 2. The molecule has 0 bridgehead atoms. The summed E-state index contributed by atoms with van der Waals surface area (Å²) in [6.45, 7) is 6.41. The molecule has 1 fully saturated rings. The number of nitrogens with one attached hydrogen (secondary N) is 1. The molecular weight excluding hydrogens is 250 g/mol. The highest BCUT2D eigenvalue weighted by Gasteiger charge is 2.28. The summed E-state index contributed by atoms with van der Waals surface area (Å²) in [5, 5.41) is 13.0. The number of carbonyl (C=O) groups excluding carboxylic acids is 1. The van der Waals surface area contributed by atoms with Crippen molar-refractivity contribution in [1.29, 1.82) is 0 Å². The number of carbonyl (C=O) groups is 1. The van der Waals surface area contributed by atoms with Crippen LogP contribution in [-0.2, 0) is 0 Å². The van der Waals surface area contributed by atoms with Crippen molar-refractivity contribution >= 4 is 5.91 Å². The van der Waals surface area contributed by atoms with Gasteiger partial charge in [-0.2, -0.15) is 0 Å². The second kappa shape index (κ2) is 6.40. The van der Waals surface area contributed by atoms with E-state index in [0.717, 1.165) is 19.3 Å². The van der Waals surface area contributed by atoms with E-state index in [9.17, 15) is 9.90 Å². The SMILES string of the molecule is CC1CCC(NC(=O)c2ccc(C(C)C)cc2)C(O)C1. The third-order valence-corrected chi connectivity index (χ3v) is 4.23. The first-order valence-electron chi connectivity index (χ1n) is 7.56. The molecule has 0 spiro atoms. The predicted molar refractivity (Wildman–Crippen MR) is 80.8 cm³/mol. The molecule has 1 aromatic carbocycles. The van der Waals surface area contributed by atoms with Crippen LogP contribution in [0, 0.1) is 5.92 Å². The number of hydrogen-bond donors (Lipinski definition) is 2. The fourth-order valence-corrected chi connectivity index (χ4v) is 2.79. The van der Waals surface area contributed by atoms with Gasteiger partial charge in [0.15, 0.2) is 0 Å². The van der Waals surface area contributed by atoms with Gasteiger partial charge in [0.2, 0.25) is 0 Å². The van der Waals surface area contributed by atoms with Gasteiger partial charge in [-0.05, 0) is 48.8 Å². The maximum Gasteiger partial charge on any atom is 0.251 e. The fourth-order valence-electron chi connectivity index (χ4n) is 2.79. The zero-order chi connectivity index (χ0) is 14.7. The molecule has 3 nitrogen and oxygen atoms in total. The molecule has 2 rings (SSSR count). The summed E-state index contributed by atoms with van der Waals surface area (Å²) in [6.07, 6.45) is 2.28. The second-order valence-electron chi connectivity index (χ2n) is 6.34. The van der Waals surface area contributed by atoms with Crippen LogP contribution in [0.25, 0.3) is 0 Å². The van der Waals surface area contributed by atoms with E-state index in [-0.39, 0.29) is 11.9 Å². The molecule has 0 aromatic heterocycles. The quantitative estimate of drug-likeness (QED) is 0.890. The Kier molecular flexibility index (Phi) is 4.81. The average molecular weight is 275 g/mol. The van der Waals surface area contributed by atoms with Crippen LogP contribution in [0.3, 0.4) is 0 Å². The molecule has 20 heavy (non-hydrogen) atoms. The predicted octanol–water partition coefficient (Wildman–Crippen LogP) is 3.09. The zero-order valence-corrected chi connectivity index (χ0v) is 12.6. The van der Waals surface area contributed by atoms with Crippen LogP contribution in [0.2, 0.25) is 0 Å². The molecule has 3 atom stereocenters. The van der Waals surface area contributed by atoms with Crippen LogP contribution in [0.4, 0.5) is 0 Å². The highest BCUT2D eigenvalue weighted by Crippen LogP contribution is 2.24. The molecule has 1 amide bonds. The van der Waals surface area contributed by atoms with Crippen molar-refractivity contribution in [2.45, 2.75) is 58.1 Å². The Labute approximate surface area is 121 Å². The first kappa shape index (κ1) is 15.0. The summed E-state index contributed by atoms with van der Waals surface area (Å²) in [7, 11) is 0. The average Bonchev–Trinajstić information content (AvgIpc) is 2.42. The van der Waals surface area contributed by atoms with Gasteiger partial charge in [-0.3, -0.25) is 4.79 Å². The molecule has 0 saturated heterocycles. The summed E-state index contributed by atoms with van der Waals surface area (Å²) in [5.74, 6) is 0.927. The molecule has 1 aromatic rings. The van der Waals surface area contributed by atoms with Gasteiger partial charge in [-0.1, -0.05) is 32.9 Å². The summed E-state index contributed by atoms with van der Waals surface area (Å²) in [5.41, 5.74) is 1.90. The number of benzene rings is 1. The molecular formula is C17H25NO2. The van der Waals surface area contributed by atoms with Crippen LogP contribution < -0.4 is 5.32 Å². The van der Waals surface area contributed by atoms with Crippen molar-refractivity contribution in [3.8, 4) is 0 Å². The van der Waals surface area contributed by atoms with Gasteiger partial charge in [0.05, 0.1) is 12.1 Å². The van der Waals surface area contributed by atoms with Crippen molar-refractivity contribution < 1.29 is 9.90 Å². The van der Waals surface area contributed by atoms with E-state index >= 15 is 0 Å². The van der Waals surface area contributed by atoms with Gasteiger partial charge in [0, 0.05) is 5.56 Å². The van der Waals surface area contributed by atoms with E-state index in [1.54, 1.807) is 0 Å². The lowest BCUT2D eigenvalue weighted by atomic mass is 9.85. The minimum Gasteiger partial charge on any atom is -0.391 e. The third kappa shape index (κ3) is 3.60. The minimum atomic E-state index is -0.419. The Balaban J connectivity index is 1.97. The topological polar surface area (TPSA) is 49.3 Å². The smallest absolute Gasteiger partial charge is 0.251 e. The molecule has 3 unspecified atom stereocenters. The highest BCUT2D eigenvalue weighted by molar-refractivity contribution is 5.94. The van der Waals surface area contributed by atoms with Gasteiger partial charge < -0.3 is 10.4 Å². The Bertz CT molecular complexity index is 453. The zero-order valence-electron chi connectivity index (χ0n) is 12.6. The van der Waals surface area contributed by atoms with E-state index in [4.69, 9.17) is 0 Å². The normalized spacial score (nSPS) is 26.6. The van der Waals surface area contributed by atoms with Crippen molar-refractivity contribution in [3.05, 3.63) is 35.4 Å². The summed E-state index contributed by atoms with van der Waals surface area (Å²) in [6, 6.07) is 7.62. The molecule has 1 aliphatic rings. The summed E-state index contributed by atoms with van der Waals surface area (Å²) >= 11 is 0. The number of aliphatic hydroxyl groups excluding tert-OH is 1. The van der Waals surface area contributed by atoms with Gasteiger partial charge in [0.25, 0.3) is 5.91 Å². The van der Waals surface area contributed by atoms with Crippen molar-refractivity contribution in [2.75, 3.05) is 0 Å². The monoisotopic (exact) mass is 275 g/mol. The largest absolute Gasteiger partial charge is 0.391 e. The lowest BCUT2D eigenvalue weighted by Crippen LogP contribution is -2.46. The van der Waals surface area contributed by atoms with Crippen molar-refractivity contribution in [3.63, 3.8) is 0 Å². The van der Waals surface area contributed by atoms with Crippen LogP contribution >= 0.6 is 0 Å².